The molecule has 0 aliphatic heterocycles. The monoisotopic (exact) mass is 548 g/mol. The Morgan fingerprint density at radius 1 is 0.949 bits per heavy atom. The molecule has 1 saturated carbocycles. The first-order valence-corrected chi connectivity index (χ1v) is 13.3. The van der Waals surface area contributed by atoms with Gasteiger partial charge in [0.2, 0.25) is 17.7 Å². The average Bonchev–Trinajstić information content (AvgIpc) is 3.36. The van der Waals surface area contributed by atoms with Gasteiger partial charge < -0.3 is 37.0 Å². The Labute approximate surface area is 227 Å². The highest BCUT2D eigenvalue weighted by molar-refractivity contribution is 5.89. The van der Waals surface area contributed by atoms with Crippen LogP contribution in [0, 0.1) is 11.3 Å². The second-order valence-corrected chi connectivity index (χ2v) is 10.2. The van der Waals surface area contributed by atoms with E-state index in [0.717, 1.165) is 0 Å². The standard InChI is InChI=1S/C27H40N4O8/c1-17(32)30-21(6-2-5-13-28)23(34)29-16-19(24(35)36)15-27(11-3-4-12-27)26(39)31-22(25(37)38)14-18-7-9-20(33)10-8-18/h7-10,19,21-22,33H,2-6,11-16,28H2,1H3,(H,29,34)(H,30,32)(H,31,39)(H,35,36)(H,37,38)/t19-,21-,22-/m0/s1. The van der Waals surface area contributed by atoms with Crippen molar-refractivity contribution in [2.24, 2.45) is 17.1 Å². The normalized spacial score (nSPS) is 16.5. The number of aromatic hydroxyl groups is 1. The van der Waals surface area contributed by atoms with Crippen molar-refractivity contribution >= 4 is 29.7 Å². The van der Waals surface area contributed by atoms with Crippen LogP contribution in [0.2, 0.25) is 0 Å². The van der Waals surface area contributed by atoms with E-state index in [4.69, 9.17) is 5.73 Å². The first-order valence-electron chi connectivity index (χ1n) is 13.3. The summed E-state index contributed by atoms with van der Waals surface area (Å²) in [5.41, 5.74) is 5.02. The highest BCUT2D eigenvalue weighted by atomic mass is 16.4. The molecule has 0 bridgehead atoms. The van der Waals surface area contributed by atoms with Crippen molar-refractivity contribution in [3.05, 3.63) is 29.8 Å². The summed E-state index contributed by atoms with van der Waals surface area (Å²) in [5.74, 6) is -4.91. The highest BCUT2D eigenvalue weighted by Crippen LogP contribution is 2.43. The highest BCUT2D eigenvalue weighted by Gasteiger charge is 2.45. The molecule has 2 rings (SSSR count). The van der Waals surface area contributed by atoms with E-state index in [0.29, 0.717) is 57.1 Å². The van der Waals surface area contributed by atoms with Gasteiger partial charge in [0.25, 0.3) is 0 Å². The van der Waals surface area contributed by atoms with E-state index in [1.807, 2.05) is 0 Å². The average molecular weight is 549 g/mol. The minimum absolute atomic E-state index is 0.00938. The molecule has 12 nitrogen and oxygen atoms in total. The lowest BCUT2D eigenvalue weighted by Gasteiger charge is -2.32. The summed E-state index contributed by atoms with van der Waals surface area (Å²) in [6.07, 6.45) is 3.72. The molecule has 1 aliphatic rings. The molecule has 1 fully saturated rings. The summed E-state index contributed by atoms with van der Waals surface area (Å²) in [4.78, 5) is 61.8. The number of carboxylic acid groups (broad SMARTS) is 2. The number of aliphatic carboxylic acids is 2. The molecule has 0 saturated heterocycles. The van der Waals surface area contributed by atoms with Crippen LogP contribution in [0.25, 0.3) is 0 Å². The zero-order valence-electron chi connectivity index (χ0n) is 22.3. The Bertz CT molecular complexity index is 1010. The van der Waals surface area contributed by atoms with Crippen molar-refractivity contribution in [1.82, 2.24) is 16.0 Å². The maximum absolute atomic E-state index is 13.4. The Hall–Kier alpha value is -3.67. The SMILES string of the molecule is CC(=O)N[C@@H](CCCCN)C(=O)NC[C@H](CC1(C(=O)N[C@@H](Cc2ccc(O)cc2)C(=O)O)CCCC1)C(=O)O. The van der Waals surface area contributed by atoms with Gasteiger partial charge in [-0.15, -0.1) is 0 Å². The van der Waals surface area contributed by atoms with Gasteiger partial charge in [-0.1, -0.05) is 25.0 Å². The van der Waals surface area contributed by atoms with Crippen LogP contribution in [0.1, 0.15) is 63.9 Å². The van der Waals surface area contributed by atoms with Crippen molar-refractivity contribution in [2.45, 2.75) is 76.8 Å². The summed E-state index contributed by atoms with van der Waals surface area (Å²) < 4.78 is 0. The van der Waals surface area contributed by atoms with Gasteiger partial charge in [0.1, 0.15) is 17.8 Å². The third kappa shape index (κ3) is 9.86. The smallest absolute Gasteiger partial charge is 0.326 e. The molecule has 1 aromatic carbocycles. The largest absolute Gasteiger partial charge is 0.508 e. The van der Waals surface area contributed by atoms with E-state index in [1.54, 1.807) is 12.1 Å². The van der Waals surface area contributed by atoms with Gasteiger partial charge in [-0.05, 0) is 62.8 Å². The Morgan fingerprint density at radius 3 is 2.13 bits per heavy atom. The molecule has 3 atom stereocenters. The van der Waals surface area contributed by atoms with Crippen LogP contribution >= 0.6 is 0 Å². The molecule has 1 aliphatic carbocycles. The lowest BCUT2D eigenvalue weighted by molar-refractivity contribution is -0.147. The van der Waals surface area contributed by atoms with Crippen molar-refractivity contribution in [1.29, 1.82) is 0 Å². The van der Waals surface area contributed by atoms with Crippen molar-refractivity contribution in [3.63, 3.8) is 0 Å². The second-order valence-electron chi connectivity index (χ2n) is 10.2. The third-order valence-electron chi connectivity index (χ3n) is 7.17. The summed E-state index contributed by atoms with van der Waals surface area (Å²) in [7, 11) is 0. The number of amides is 3. The lowest BCUT2D eigenvalue weighted by atomic mass is 9.76. The number of nitrogens with one attached hydrogen (secondary N) is 3. The molecule has 3 amide bonds. The van der Waals surface area contributed by atoms with Crippen molar-refractivity contribution in [3.8, 4) is 5.75 Å². The molecule has 1 aromatic rings. The number of hydrogen-bond acceptors (Lipinski definition) is 7. The lowest BCUT2D eigenvalue weighted by Crippen LogP contribution is -2.51. The Balaban J connectivity index is 2.11. The molecule has 0 aromatic heterocycles. The molecule has 0 spiro atoms. The first kappa shape index (κ1) is 31.5. The van der Waals surface area contributed by atoms with Crippen LogP contribution < -0.4 is 21.7 Å². The summed E-state index contributed by atoms with van der Waals surface area (Å²) in [6, 6.07) is 3.91. The second kappa shape index (κ2) is 15.1. The Kier molecular flexibility index (Phi) is 12.2. The van der Waals surface area contributed by atoms with E-state index in [1.165, 1.54) is 19.1 Å². The first-order chi connectivity index (χ1) is 18.5. The topological polar surface area (TPSA) is 208 Å². The van der Waals surface area contributed by atoms with Crippen molar-refractivity contribution < 1.29 is 39.3 Å². The van der Waals surface area contributed by atoms with E-state index in [-0.39, 0.29) is 31.0 Å². The molecule has 0 radical (unpaired) electrons. The Morgan fingerprint density at radius 2 is 1.59 bits per heavy atom. The van der Waals surface area contributed by atoms with Crippen LogP contribution in [-0.4, -0.2) is 70.2 Å². The molecule has 12 heteroatoms. The number of carboxylic acids is 2. The third-order valence-corrected chi connectivity index (χ3v) is 7.17. The fraction of sp³-hybridized carbons (Fsp3) is 0.593. The minimum Gasteiger partial charge on any atom is -0.508 e. The number of hydrogen-bond donors (Lipinski definition) is 7. The summed E-state index contributed by atoms with van der Waals surface area (Å²) in [5, 5.41) is 36.9. The van der Waals surface area contributed by atoms with E-state index in [9.17, 15) is 39.3 Å². The van der Waals surface area contributed by atoms with Gasteiger partial charge in [0, 0.05) is 19.9 Å². The van der Waals surface area contributed by atoms with Crippen molar-refractivity contribution in [2.75, 3.05) is 13.1 Å². The quantitative estimate of drug-likeness (QED) is 0.146. The zero-order valence-corrected chi connectivity index (χ0v) is 22.3. The summed E-state index contributed by atoms with van der Waals surface area (Å²) >= 11 is 0. The van der Waals surface area contributed by atoms with Crippen LogP contribution in [0.3, 0.4) is 0 Å². The molecule has 0 unspecified atom stereocenters. The molecular weight excluding hydrogens is 508 g/mol. The number of carbonyl (C=O) groups excluding carboxylic acids is 3. The maximum atomic E-state index is 13.4. The van der Waals surface area contributed by atoms with Gasteiger partial charge in [-0.25, -0.2) is 4.79 Å². The molecule has 0 heterocycles. The van der Waals surface area contributed by atoms with E-state index < -0.39 is 47.2 Å². The summed E-state index contributed by atoms with van der Waals surface area (Å²) in [6.45, 7) is 1.49. The van der Waals surface area contributed by atoms with E-state index >= 15 is 0 Å². The van der Waals surface area contributed by atoms with Gasteiger partial charge in [-0.3, -0.25) is 19.2 Å². The molecular formula is C27H40N4O8. The number of rotatable bonds is 16. The number of benzene rings is 1. The molecule has 39 heavy (non-hydrogen) atoms. The van der Waals surface area contributed by atoms with Crippen LogP contribution in [0.4, 0.5) is 0 Å². The number of nitrogens with two attached hydrogens (primary N) is 1. The van der Waals surface area contributed by atoms with Crippen LogP contribution in [-0.2, 0) is 30.4 Å². The molecule has 216 valence electrons. The maximum Gasteiger partial charge on any atom is 0.326 e. The van der Waals surface area contributed by atoms with Gasteiger partial charge in [0.05, 0.1) is 11.3 Å². The van der Waals surface area contributed by atoms with Crippen LogP contribution in [0.5, 0.6) is 5.75 Å². The molecule has 8 N–H and O–H groups in total. The predicted octanol–water partition coefficient (Wildman–Crippen LogP) is 0.905. The van der Waals surface area contributed by atoms with Crippen LogP contribution in [0.15, 0.2) is 24.3 Å². The zero-order chi connectivity index (χ0) is 29.0. The number of phenolic OH excluding ortho intramolecular Hbond substituents is 1. The predicted molar refractivity (Wildman–Crippen MR) is 142 cm³/mol. The van der Waals surface area contributed by atoms with Gasteiger partial charge >= 0.3 is 11.9 Å². The van der Waals surface area contributed by atoms with E-state index in [2.05, 4.69) is 16.0 Å². The van der Waals surface area contributed by atoms with Gasteiger partial charge in [-0.2, -0.15) is 0 Å². The number of unbranched alkanes of at least 4 members (excludes halogenated alkanes) is 1. The number of phenols is 1. The fourth-order valence-electron chi connectivity index (χ4n) is 5.03. The minimum atomic E-state index is -1.24. The fourth-order valence-corrected chi connectivity index (χ4v) is 5.03. The number of carbonyl (C=O) groups is 5. The van der Waals surface area contributed by atoms with Gasteiger partial charge in [0.15, 0.2) is 0 Å².